The second-order valence-electron chi connectivity index (χ2n) is 9.34. The van der Waals surface area contributed by atoms with E-state index in [1.54, 1.807) is 11.3 Å². The molecule has 0 saturated heterocycles. The van der Waals surface area contributed by atoms with Crippen LogP contribution in [0.25, 0.3) is 0 Å². The predicted octanol–water partition coefficient (Wildman–Crippen LogP) is 6.42. The summed E-state index contributed by atoms with van der Waals surface area (Å²) in [6, 6.07) is 11.4. The normalized spacial score (nSPS) is 15.5. The van der Waals surface area contributed by atoms with Crippen molar-refractivity contribution in [2.75, 3.05) is 24.2 Å². The van der Waals surface area contributed by atoms with Crippen LogP contribution in [0.2, 0.25) is 0 Å². The number of amides is 2. The van der Waals surface area contributed by atoms with Crippen LogP contribution < -0.4 is 16.4 Å². The summed E-state index contributed by atoms with van der Waals surface area (Å²) in [5.74, 6) is -0.110. The summed E-state index contributed by atoms with van der Waals surface area (Å²) < 4.78 is 0. The number of carbonyl (C=O) groups is 2. The first-order valence-corrected chi connectivity index (χ1v) is 15.2. The van der Waals surface area contributed by atoms with Crippen LogP contribution in [0.1, 0.15) is 70.8 Å². The summed E-state index contributed by atoms with van der Waals surface area (Å²) in [6.45, 7) is 7.85. The standard InChI is InChI=1S/C29H40N4O2S2/c1-4-6-8-12-17-33(16-7-5-2)24(34)20-37-29-27(30)26(22-15-18-36-19-22)25(21(3)31-29)28(35)32-23-13-10-9-11-14-23/h9-11,13-15,18-19,26,31H,4-8,12,16-17,20,30H2,1-3H3,(H,32,35). The molecule has 1 aliphatic heterocycles. The van der Waals surface area contributed by atoms with E-state index in [2.05, 4.69) is 24.5 Å². The minimum absolute atomic E-state index is 0.137. The molecule has 0 fully saturated rings. The Morgan fingerprint density at radius 3 is 2.46 bits per heavy atom. The number of allylic oxidation sites excluding steroid dienone is 2. The quantitative estimate of drug-likeness (QED) is 0.241. The van der Waals surface area contributed by atoms with E-state index in [0.717, 1.165) is 60.7 Å². The van der Waals surface area contributed by atoms with Gasteiger partial charge in [-0.25, -0.2) is 0 Å². The van der Waals surface area contributed by atoms with Crippen LogP contribution in [0.5, 0.6) is 0 Å². The highest BCUT2D eigenvalue weighted by Crippen LogP contribution is 2.39. The molecule has 1 atom stereocenters. The molecule has 1 aromatic heterocycles. The van der Waals surface area contributed by atoms with E-state index in [1.807, 2.05) is 59.0 Å². The van der Waals surface area contributed by atoms with Gasteiger partial charge < -0.3 is 21.3 Å². The third-order valence-corrected chi connectivity index (χ3v) is 8.19. The van der Waals surface area contributed by atoms with Gasteiger partial charge in [0.2, 0.25) is 5.91 Å². The van der Waals surface area contributed by atoms with Crippen molar-refractivity contribution in [1.82, 2.24) is 10.2 Å². The van der Waals surface area contributed by atoms with Crippen molar-refractivity contribution in [1.29, 1.82) is 0 Å². The minimum Gasteiger partial charge on any atom is -0.399 e. The third kappa shape index (κ3) is 8.14. The number of rotatable bonds is 14. The van der Waals surface area contributed by atoms with E-state index < -0.39 is 0 Å². The van der Waals surface area contributed by atoms with Crippen LogP contribution in [-0.2, 0) is 9.59 Å². The number of thiophene rings is 1. The van der Waals surface area contributed by atoms with E-state index in [9.17, 15) is 9.59 Å². The number of nitrogens with zero attached hydrogens (tertiary/aromatic N) is 1. The van der Waals surface area contributed by atoms with Crippen LogP contribution >= 0.6 is 23.1 Å². The number of thioether (sulfide) groups is 1. The van der Waals surface area contributed by atoms with Crippen molar-refractivity contribution in [2.45, 2.75) is 65.2 Å². The van der Waals surface area contributed by atoms with Crippen LogP contribution in [0, 0.1) is 0 Å². The Hall–Kier alpha value is -2.71. The van der Waals surface area contributed by atoms with Gasteiger partial charge in [-0.1, -0.05) is 69.5 Å². The van der Waals surface area contributed by atoms with Gasteiger partial charge in [0, 0.05) is 30.0 Å². The SMILES string of the molecule is CCCCCCN(CCCC)C(=O)CSC1=C(N)C(c2ccsc2)C(C(=O)Nc2ccccc2)=C(C)N1. The molecule has 2 aromatic rings. The van der Waals surface area contributed by atoms with E-state index >= 15 is 0 Å². The predicted molar refractivity (Wildman–Crippen MR) is 157 cm³/mol. The summed E-state index contributed by atoms with van der Waals surface area (Å²) in [5, 5.41) is 11.1. The molecule has 0 bridgehead atoms. The summed E-state index contributed by atoms with van der Waals surface area (Å²) in [7, 11) is 0. The number of hydrogen-bond acceptors (Lipinski definition) is 6. The number of nitrogens with two attached hydrogens (primary N) is 1. The average molecular weight is 541 g/mol. The lowest BCUT2D eigenvalue weighted by atomic mass is 9.86. The Morgan fingerprint density at radius 2 is 1.78 bits per heavy atom. The fourth-order valence-electron chi connectivity index (χ4n) is 4.40. The van der Waals surface area contributed by atoms with Gasteiger partial charge in [-0.15, -0.1) is 0 Å². The Balaban J connectivity index is 1.75. The van der Waals surface area contributed by atoms with Crippen LogP contribution in [0.4, 0.5) is 5.69 Å². The van der Waals surface area contributed by atoms with E-state index in [1.165, 1.54) is 24.6 Å². The molecule has 2 heterocycles. The Labute approximate surface area is 229 Å². The highest BCUT2D eigenvalue weighted by molar-refractivity contribution is 8.03. The molecule has 0 radical (unpaired) electrons. The second-order valence-corrected chi connectivity index (χ2v) is 11.1. The lowest BCUT2D eigenvalue weighted by Crippen LogP contribution is -2.36. The molecule has 4 N–H and O–H groups in total. The summed E-state index contributed by atoms with van der Waals surface area (Å²) in [6.07, 6.45) is 6.65. The van der Waals surface area contributed by atoms with Gasteiger partial charge in [0.15, 0.2) is 0 Å². The molecular formula is C29H40N4O2S2. The molecule has 1 aromatic carbocycles. The Kier molecular flexibility index (Phi) is 11.6. The molecule has 0 saturated carbocycles. The van der Waals surface area contributed by atoms with Crippen LogP contribution in [0.3, 0.4) is 0 Å². The number of carbonyl (C=O) groups excluding carboxylic acids is 2. The average Bonchev–Trinajstić information content (AvgIpc) is 3.43. The van der Waals surface area contributed by atoms with Crippen molar-refractivity contribution in [3.63, 3.8) is 0 Å². The van der Waals surface area contributed by atoms with Gasteiger partial charge in [0.25, 0.3) is 5.91 Å². The molecule has 0 aliphatic carbocycles. The number of hydrogen-bond donors (Lipinski definition) is 3. The molecule has 37 heavy (non-hydrogen) atoms. The largest absolute Gasteiger partial charge is 0.399 e. The van der Waals surface area contributed by atoms with Gasteiger partial charge in [0.05, 0.1) is 22.4 Å². The maximum absolute atomic E-state index is 13.4. The highest BCUT2D eigenvalue weighted by atomic mass is 32.2. The first-order valence-electron chi connectivity index (χ1n) is 13.2. The van der Waals surface area contributed by atoms with E-state index in [-0.39, 0.29) is 17.7 Å². The van der Waals surface area contributed by atoms with Crippen molar-refractivity contribution in [3.05, 3.63) is 74.7 Å². The Bertz CT molecular complexity index is 1080. The molecule has 0 spiro atoms. The molecule has 3 rings (SSSR count). The van der Waals surface area contributed by atoms with Crippen molar-refractivity contribution in [2.24, 2.45) is 5.73 Å². The van der Waals surface area contributed by atoms with Crippen LogP contribution in [-0.4, -0.2) is 35.6 Å². The molecular weight excluding hydrogens is 500 g/mol. The van der Waals surface area contributed by atoms with Gasteiger partial charge >= 0.3 is 0 Å². The van der Waals surface area contributed by atoms with Gasteiger partial charge in [-0.05, 0) is 54.3 Å². The summed E-state index contributed by atoms with van der Waals surface area (Å²) >= 11 is 3.01. The molecule has 1 aliphatic rings. The van der Waals surface area contributed by atoms with Crippen molar-refractivity contribution in [3.8, 4) is 0 Å². The maximum atomic E-state index is 13.4. The molecule has 200 valence electrons. The maximum Gasteiger partial charge on any atom is 0.254 e. The topological polar surface area (TPSA) is 87.5 Å². The first kappa shape index (κ1) is 28.9. The smallest absolute Gasteiger partial charge is 0.254 e. The second kappa shape index (κ2) is 14.9. The third-order valence-electron chi connectivity index (χ3n) is 6.48. The lowest BCUT2D eigenvalue weighted by Gasteiger charge is -2.30. The number of nitrogens with one attached hydrogen (secondary N) is 2. The zero-order valence-electron chi connectivity index (χ0n) is 22.2. The molecule has 2 amide bonds. The van der Waals surface area contributed by atoms with E-state index in [4.69, 9.17) is 5.73 Å². The fourth-order valence-corrected chi connectivity index (χ4v) is 6.05. The summed E-state index contributed by atoms with van der Waals surface area (Å²) in [5.41, 5.74) is 10.3. The van der Waals surface area contributed by atoms with Gasteiger partial charge in [0.1, 0.15) is 0 Å². The van der Waals surface area contributed by atoms with Crippen LogP contribution in [0.15, 0.2) is 69.2 Å². The summed E-state index contributed by atoms with van der Waals surface area (Å²) in [4.78, 5) is 28.6. The number of unbranched alkanes of at least 4 members (excludes halogenated alkanes) is 4. The van der Waals surface area contributed by atoms with Gasteiger partial charge in [-0.2, -0.15) is 11.3 Å². The number of anilines is 1. The minimum atomic E-state index is -0.376. The molecule has 1 unspecified atom stereocenters. The van der Waals surface area contributed by atoms with Gasteiger partial charge in [-0.3, -0.25) is 9.59 Å². The van der Waals surface area contributed by atoms with Crippen molar-refractivity contribution < 1.29 is 9.59 Å². The molecule has 8 heteroatoms. The zero-order valence-corrected chi connectivity index (χ0v) is 23.9. The fraction of sp³-hybridized carbons (Fsp3) is 0.448. The zero-order chi connectivity index (χ0) is 26.6. The Morgan fingerprint density at radius 1 is 1.05 bits per heavy atom. The lowest BCUT2D eigenvalue weighted by molar-refractivity contribution is -0.128. The first-order chi connectivity index (χ1) is 18.0. The van der Waals surface area contributed by atoms with E-state index in [0.29, 0.717) is 17.0 Å². The monoisotopic (exact) mass is 540 g/mol. The molecule has 6 nitrogen and oxygen atoms in total. The number of dihydropyridines is 1. The van der Waals surface area contributed by atoms with Crippen molar-refractivity contribution >= 4 is 40.6 Å². The highest BCUT2D eigenvalue weighted by Gasteiger charge is 2.33. The number of para-hydroxylation sites is 1. The number of benzene rings is 1.